The number of aromatic nitrogens is 1. The molecule has 2 heterocycles. The molecule has 1 aliphatic rings. The maximum Gasteiger partial charge on any atom is 0.340 e. The Labute approximate surface area is 162 Å². The third kappa shape index (κ3) is 3.71. The number of aryl methyl sites for hydroxylation is 1. The highest BCUT2D eigenvalue weighted by atomic mass is 16.5. The van der Waals surface area contributed by atoms with Gasteiger partial charge in [-0.2, -0.15) is 0 Å². The number of fused-ring (bicyclic) bond motifs is 1. The summed E-state index contributed by atoms with van der Waals surface area (Å²) >= 11 is 0. The molecule has 0 aliphatic carbocycles. The Kier molecular flexibility index (Phi) is 5.67. The normalized spacial score (nSPS) is 16.5. The standard InChI is InChI=1S/C20H23N3O5/c1-4-14-17(19(25)27-5-2)15(22-20(26)21-14)11-28-18(24)13-10-23(3)16-9-7-6-8-12(13)16/h6-10,14H,4-5,11H2,1-3H3,(H2,21,22,26)/t14-/m0/s1. The number of amides is 2. The first-order chi connectivity index (χ1) is 13.5. The van der Waals surface area contributed by atoms with Gasteiger partial charge in [-0.05, 0) is 19.4 Å². The molecule has 8 heteroatoms. The SMILES string of the molecule is CCOC(=O)C1=C(COC(=O)c2cn(C)c3ccccc23)NC(=O)N[C@H]1CC. The molecule has 2 N–H and O–H groups in total. The van der Waals surface area contributed by atoms with Crippen LogP contribution in [0, 0.1) is 0 Å². The summed E-state index contributed by atoms with van der Waals surface area (Å²) in [7, 11) is 1.85. The van der Waals surface area contributed by atoms with Crippen molar-refractivity contribution >= 4 is 28.9 Å². The summed E-state index contributed by atoms with van der Waals surface area (Å²) < 4.78 is 12.4. The first-order valence-corrected chi connectivity index (χ1v) is 9.15. The summed E-state index contributed by atoms with van der Waals surface area (Å²) in [5, 5.41) is 6.02. The highest BCUT2D eigenvalue weighted by Gasteiger charge is 2.32. The fraction of sp³-hybridized carbons (Fsp3) is 0.350. The predicted octanol–water partition coefficient (Wildman–Crippen LogP) is 2.24. The second-order valence-corrected chi connectivity index (χ2v) is 6.42. The number of carbonyl (C=O) groups is 3. The van der Waals surface area contributed by atoms with E-state index in [1.807, 2.05) is 42.8 Å². The minimum Gasteiger partial charge on any atom is -0.463 e. The number of benzene rings is 1. The Balaban J connectivity index is 1.86. The quantitative estimate of drug-likeness (QED) is 0.743. The Morgan fingerprint density at radius 2 is 1.89 bits per heavy atom. The molecule has 2 amide bonds. The summed E-state index contributed by atoms with van der Waals surface area (Å²) in [6.07, 6.45) is 2.20. The molecule has 0 bridgehead atoms. The molecule has 0 unspecified atom stereocenters. The molecule has 1 aliphatic heterocycles. The fourth-order valence-electron chi connectivity index (χ4n) is 3.30. The summed E-state index contributed by atoms with van der Waals surface area (Å²) in [5.41, 5.74) is 1.84. The number of rotatable bonds is 6. The lowest BCUT2D eigenvalue weighted by Gasteiger charge is -2.28. The molecule has 3 rings (SSSR count). The molecule has 2 aromatic rings. The molecule has 1 atom stereocenters. The zero-order chi connectivity index (χ0) is 20.3. The van der Waals surface area contributed by atoms with Gasteiger partial charge in [0.05, 0.1) is 29.5 Å². The molecular formula is C20H23N3O5. The Bertz CT molecular complexity index is 960. The van der Waals surface area contributed by atoms with E-state index in [9.17, 15) is 14.4 Å². The number of nitrogens with one attached hydrogen (secondary N) is 2. The van der Waals surface area contributed by atoms with Gasteiger partial charge in [-0.15, -0.1) is 0 Å². The van der Waals surface area contributed by atoms with Gasteiger partial charge in [0.25, 0.3) is 0 Å². The van der Waals surface area contributed by atoms with E-state index < -0.39 is 24.0 Å². The minimum atomic E-state index is -0.543. The molecular weight excluding hydrogens is 362 g/mol. The van der Waals surface area contributed by atoms with Crippen molar-refractivity contribution in [3.05, 3.63) is 47.3 Å². The highest BCUT2D eigenvalue weighted by molar-refractivity contribution is 6.04. The molecule has 0 saturated heterocycles. The summed E-state index contributed by atoms with van der Waals surface area (Å²) in [6, 6.07) is 6.54. The largest absolute Gasteiger partial charge is 0.463 e. The van der Waals surface area contributed by atoms with Gasteiger partial charge >= 0.3 is 18.0 Å². The van der Waals surface area contributed by atoms with Crippen LogP contribution in [0.15, 0.2) is 41.7 Å². The average molecular weight is 385 g/mol. The summed E-state index contributed by atoms with van der Waals surface area (Å²) in [6.45, 7) is 3.51. The van der Waals surface area contributed by atoms with Crippen molar-refractivity contribution in [1.82, 2.24) is 15.2 Å². The fourth-order valence-corrected chi connectivity index (χ4v) is 3.30. The van der Waals surface area contributed by atoms with Crippen LogP contribution in [0.3, 0.4) is 0 Å². The van der Waals surface area contributed by atoms with E-state index in [4.69, 9.17) is 9.47 Å². The van der Waals surface area contributed by atoms with Crippen molar-refractivity contribution in [3.63, 3.8) is 0 Å². The topological polar surface area (TPSA) is 98.7 Å². The Morgan fingerprint density at radius 3 is 2.61 bits per heavy atom. The van der Waals surface area contributed by atoms with Crippen molar-refractivity contribution in [2.75, 3.05) is 13.2 Å². The van der Waals surface area contributed by atoms with E-state index in [2.05, 4.69) is 10.6 Å². The minimum absolute atomic E-state index is 0.204. The van der Waals surface area contributed by atoms with Crippen LogP contribution >= 0.6 is 0 Å². The van der Waals surface area contributed by atoms with Gasteiger partial charge in [0, 0.05) is 24.1 Å². The van der Waals surface area contributed by atoms with Gasteiger partial charge in [0.2, 0.25) is 0 Å². The van der Waals surface area contributed by atoms with Crippen LogP contribution in [0.2, 0.25) is 0 Å². The number of hydrogen-bond acceptors (Lipinski definition) is 5. The van der Waals surface area contributed by atoms with Crippen LogP contribution in [-0.2, 0) is 21.3 Å². The van der Waals surface area contributed by atoms with Gasteiger partial charge < -0.3 is 24.7 Å². The number of urea groups is 1. The zero-order valence-corrected chi connectivity index (χ0v) is 16.1. The molecule has 148 valence electrons. The number of nitrogens with zero attached hydrogens (tertiary/aromatic N) is 1. The number of esters is 2. The summed E-state index contributed by atoms with van der Waals surface area (Å²) in [5.74, 6) is -1.08. The van der Waals surface area contributed by atoms with Gasteiger partial charge in [-0.25, -0.2) is 14.4 Å². The van der Waals surface area contributed by atoms with Gasteiger partial charge in [0.15, 0.2) is 0 Å². The maximum absolute atomic E-state index is 12.6. The van der Waals surface area contributed by atoms with Gasteiger partial charge in [-0.3, -0.25) is 0 Å². The average Bonchev–Trinajstić information content (AvgIpc) is 3.02. The summed E-state index contributed by atoms with van der Waals surface area (Å²) in [4.78, 5) is 36.9. The first kappa shape index (κ1) is 19.5. The molecule has 1 aromatic carbocycles. The van der Waals surface area contributed by atoms with Crippen LogP contribution in [-0.4, -0.2) is 41.8 Å². The van der Waals surface area contributed by atoms with Crippen LogP contribution in [0.1, 0.15) is 30.6 Å². The monoisotopic (exact) mass is 385 g/mol. The van der Waals surface area contributed by atoms with Crippen molar-refractivity contribution < 1.29 is 23.9 Å². The molecule has 0 radical (unpaired) electrons. The van der Waals surface area contributed by atoms with Crippen molar-refractivity contribution in [3.8, 4) is 0 Å². The Morgan fingerprint density at radius 1 is 1.14 bits per heavy atom. The molecule has 28 heavy (non-hydrogen) atoms. The third-order valence-electron chi connectivity index (χ3n) is 4.61. The molecule has 0 spiro atoms. The van der Waals surface area contributed by atoms with E-state index >= 15 is 0 Å². The number of ether oxygens (including phenoxy) is 2. The number of hydrogen-bond donors (Lipinski definition) is 2. The molecule has 1 aromatic heterocycles. The first-order valence-electron chi connectivity index (χ1n) is 9.15. The lowest BCUT2D eigenvalue weighted by Crippen LogP contribution is -2.51. The van der Waals surface area contributed by atoms with E-state index in [1.54, 1.807) is 13.1 Å². The van der Waals surface area contributed by atoms with Crippen LogP contribution in [0.5, 0.6) is 0 Å². The third-order valence-corrected chi connectivity index (χ3v) is 4.61. The van der Waals surface area contributed by atoms with E-state index in [1.165, 1.54) is 0 Å². The van der Waals surface area contributed by atoms with E-state index in [0.717, 1.165) is 10.9 Å². The second kappa shape index (κ2) is 8.16. The maximum atomic E-state index is 12.6. The van der Waals surface area contributed by atoms with Gasteiger partial charge in [0.1, 0.15) is 6.61 Å². The highest BCUT2D eigenvalue weighted by Crippen LogP contribution is 2.22. The van der Waals surface area contributed by atoms with E-state index in [0.29, 0.717) is 12.0 Å². The number of carbonyl (C=O) groups excluding carboxylic acids is 3. The lowest BCUT2D eigenvalue weighted by molar-refractivity contribution is -0.139. The van der Waals surface area contributed by atoms with E-state index in [-0.39, 0.29) is 24.5 Å². The molecule has 0 saturated carbocycles. The zero-order valence-electron chi connectivity index (χ0n) is 16.1. The second-order valence-electron chi connectivity index (χ2n) is 6.42. The van der Waals surface area contributed by atoms with Gasteiger partial charge in [-0.1, -0.05) is 25.1 Å². The lowest BCUT2D eigenvalue weighted by atomic mass is 10.0. The molecule has 8 nitrogen and oxygen atoms in total. The van der Waals surface area contributed by atoms with Crippen molar-refractivity contribution in [2.45, 2.75) is 26.3 Å². The molecule has 0 fully saturated rings. The van der Waals surface area contributed by atoms with Crippen LogP contribution in [0.25, 0.3) is 10.9 Å². The number of para-hydroxylation sites is 1. The smallest absolute Gasteiger partial charge is 0.340 e. The predicted molar refractivity (Wildman–Crippen MR) is 103 cm³/mol. The van der Waals surface area contributed by atoms with Crippen molar-refractivity contribution in [2.24, 2.45) is 7.05 Å². The van der Waals surface area contributed by atoms with Crippen molar-refractivity contribution in [1.29, 1.82) is 0 Å². The van der Waals surface area contributed by atoms with Crippen LogP contribution in [0.4, 0.5) is 4.79 Å². The van der Waals surface area contributed by atoms with Crippen LogP contribution < -0.4 is 10.6 Å². The Hall–Kier alpha value is -3.29.